The van der Waals surface area contributed by atoms with Crippen molar-refractivity contribution >= 4 is 23.0 Å². The van der Waals surface area contributed by atoms with E-state index < -0.39 is 5.91 Å². The molecule has 1 aliphatic rings. The van der Waals surface area contributed by atoms with Gasteiger partial charge in [-0.25, -0.2) is 5.01 Å². The van der Waals surface area contributed by atoms with E-state index in [0.717, 1.165) is 18.4 Å². The highest BCUT2D eigenvalue weighted by atomic mass is 16.5. The standard InChI is InChI=1S/C23H25N5O2/c1-16-8-9-17(2)20(14-16)11-10-19-6-4-7-21(15-19)28(30)26-22-18(3)25-27(23(22)29)13-5-12-24/h4,6-9,14-15,30H,5,10-11,13H2,1-3H3. The summed E-state index contributed by atoms with van der Waals surface area (Å²) in [6.07, 6.45) is 1.90. The summed E-state index contributed by atoms with van der Waals surface area (Å²) in [4.78, 5) is 12.4. The lowest BCUT2D eigenvalue weighted by Gasteiger charge is -2.14. The van der Waals surface area contributed by atoms with Crippen molar-refractivity contribution in [3.05, 3.63) is 64.7 Å². The maximum atomic E-state index is 12.4. The topological polar surface area (TPSA) is 92.3 Å². The first-order valence-corrected chi connectivity index (χ1v) is 9.86. The Morgan fingerprint density at radius 1 is 1.17 bits per heavy atom. The van der Waals surface area contributed by atoms with E-state index >= 15 is 0 Å². The second-order valence-corrected chi connectivity index (χ2v) is 7.36. The maximum Gasteiger partial charge on any atom is 0.296 e. The Balaban J connectivity index is 1.72. The van der Waals surface area contributed by atoms with Crippen molar-refractivity contribution in [1.82, 2.24) is 5.01 Å². The molecule has 0 spiro atoms. The maximum absolute atomic E-state index is 12.4. The molecule has 3 rings (SSSR count). The van der Waals surface area contributed by atoms with Crippen molar-refractivity contribution in [2.24, 2.45) is 10.2 Å². The normalized spacial score (nSPS) is 14.8. The van der Waals surface area contributed by atoms with Crippen molar-refractivity contribution in [2.45, 2.75) is 40.0 Å². The van der Waals surface area contributed by atoms with Gasteiger partial charge in [-0.15, -0.1) is 10.3 Å². The molecule has 0 aliphatic carbocycles. The average molecular weight is 403 g/mol. The van der Waals surface area contributed by atoms with Crippen molar-refractivity contribution in [1.29, 1.82) is 5.26 Å². The number of benzene rings is 2. The van der Waals surface area contributed by atoms with Crippen LogP contribution in [-0.4, -0.2) is 34.1 Å². The Morgan fingerprint density at radius 3 is 2.73 bits per heavy atom. The zero-order valence-corrected chi connectivity index (χ0v) is 17.5. The molecule has 154 valence electrons. The van der Waals surface area contributed by atoms with Crippen LogP contribution in [0.25, 0.3) is 0 Å². The van der Waals surface area contributed by atoms with Crippen LogP contribution in [0.2, 0.25) is 0 Å². The average Bonchev–Trinajstić information content (AvgIpc) is 3.00. The summed E-state index contributed by atoms with van der Waals surface area (Å²) in [5.41, 5.74) is 5.82. The molecule has 1 amide bonds. The number of anilines is 1. The summed E-state index contributed by atoms with van der Waals surface area (Å²) in [6.45, 7) is 6.05. The molecule has 7 nitrogen and oxygen atoms in total. The number of nitrogens with zero attached hydrogens (tertiary/aromatic N) is 5. The van der Waals surface area contributed by atoms with Crippen molar-refractivity contribution in [3.8, 4) is 6.07 Å². The van der Waals surface area contributed by atoms with Gasteiger partial charge in [-0.3, -0.25) is 10.0 Å². The summed E-state index contributed by atoms with van der Waals surface area (Å²) in [5, 5.41) is 29.2. The minimum Gasteiger partial charge on any atom is -0.267 e. The lowest BCUT2D eigenvalue weighted by Crippen LogP contribution is -2.30. The van der Waals surface area contributed by atoms with Gasteiger partial charge in [-0.2, -0.15) is 10.4 Å². The predicted octanol–water partition coefficient (Wildman–Crippen LogP) is 3.77. The Labute approximate surface area is 176 Å². The van der Waals surface area contributed by atoms with Crippen LogP contribution in [0.4, 0.5) is 5.69 Å². The van der Waals surface area contributed by atoms with E-state index in [0.29, 0.717) is 16.6 Å². The molecule has 2 aromatic carbocycles. The Hall–Kier alpha value is -3.50. The minimum atomic E-state index is -0.423. The molecule has 0 unspecified atom stereocenters. The quantitative estimate of drug-likeness (QED) is 0.712. The first-order valence-electron chi connectivity index (χ1n) is 9.86. The molecule has 2 aromatic rings. The molecule has 30 heavy (non-hydrogen) atoms. The van der Waals surface area contributed by atoms with Gasteiger partial charge >= 0.3 is 0 Å². The monoisotopic (exact) mass is 403 g/mol. The molecule has 1 N–H and O–H groups in total. The van der Waals surface area contributed by atoms with E-state index in [-0.39, 0.29) is 18.7 Å². The summed E-state index contributed by atoms with van der Waals surface area (Å²) in [7, 11) is 0. The van der Waals surface area contributed by atoms with E-state index in [1.165, 1.54) is 21.7 Å². The molecule has 7 heteroatoms. The van der Waals surface area contributed by atoms with Gasteiger partial charge in [0.2, 0.25) is 0 Å². The number of aryl methyl sites for hydroxylation is 4. The summed E-state index contributed by atoms with van der Waals surface area (Å²) in [5.74, 6) is -0.423. The zero-order chi connectivity index (χ0) is 21.7. The zero-order valence-electron chi connectivity index (χ0n) is 17.5. The lowest BCUT2D eigenvalue weighted by atomic mass is 9.98. The fourth-order valence-corrected chi connectivity index (χ4v) is 3.31. The van der Waals surface area contributed by atoms with Gasteiger partial charge in [0.05, 0.1) is 30.4 Å². The number of hydrazone groups is 2. The number of carbonyl (C=O) groups excluding carboxylic acids is 1. The van der Waals surface area contributed by atoms with Crippen LogP contribution in [0.3, 0.4) is 0 Å². The van der Waals surface area contributed by atoms with Gasteiger partial charge < -0.3 is 0 Å². The highest BCUT2D eigenvalue weighted by Crippen LogP contribution is 2.19. The van der Waals surface area contributed by atoms with Crippen LogP contribution in [0, 0.1) is 25.2 Å². The Morgan fingerprint density at radius 2 is 1.97 bits per heavy atom. The molecule has 0 bridgehead atoms. The largest absolute Gasteiger partial charge is 0.296 e. The first kappa shape index (κ1) is 21.2. The number of hydrogen-bond donors (Lipinski definition) is 1. The molecule has 1 heterocycles. The highest BCUT2D eigenvalue weighted by Gasteiger charge is 2.30. The third-order valence-electron chi connectivity index (χ3n) is 5.01. The fraction of sp³-hybridized carbons (Fsp3) is 0.304. The Kier molecular flexibility index (Phi) is 6.60. The number of carbonyl (C=O) groups is 1. The molecule has 0 atom stereocenters. The molecule has 1 aliphatic heterocycles. The lowest BCUT2D eigenvalue weighted by molar-refractivity contribution is -0.123. The second-order valence-electron chi connectivity index (χ2n) is 7.36. The molecule has 0 saturated carbocycles. The highest BCUT2D eigenvalue weighted by molar-refractivity contribution is 6.68. The molecule has 0 fully saturated rings. The van der Waals surface area contributed by atoms with Gasteiger partial charge in [0.15, 0.2) is 5.71 Å². The van der Waals surface area contributed by atoms with Crippen LogP contribution in [-0.2, 0) is 17.6 Å². The van der Waals surface area contributed by atoms with Gasteiger partial charge in [0.1, 0.15) is 0 Å². The van der Waals surface area contributed by atoms with Crippen molar-refractivity contribution in [2.75, 3.05) is 11.7 Å². The van der Waals surface area contributed by atoms with E-state index in [4.69, 9.17) is 5.26 Å². The van der Waals surface area contributed by atoms with Gasteiger partial charge in [0.25, 0.3) is 5.91 Å². The molecule has 0 saturated heterocycles. The molecular formula is C23H25N5O2. The van der Waals surface area contributed by atoms with Crippen LogP contribution >= 0.6 is 0 Å². The summed E-state index contributed by atoms with van der Waals surface area (Å²) in [6, 6.07) is 15.9. The van der Waals surface area contributed by atoms with Crippen LogP contribution in [0.5, 0.6) is 0 Å². The second kappa shape index (κ2) is 9.33. The van der Waals surface area contributed by atoms with Crippen LogP contribution in [0.15, 0.2) is 52.7 Å². The number of amides is 1. The SMILES string of the molecule is CC1=NN(CCC#N)C(=O)C1=NN(O)c1cccc(CCc2cc(C)ccc2C)c1. The fourth-order valence-electron chi connectivity index (χ4n) is 3.31. The number of nitriles is 1. The third kappa shape index (κ3) is 4.91. The van der Waals surface area contributed by atoms with Gasteiger partial charge in [-0.1, -0.05) is 35.9 Å². The molecular weight excluding hydrogens is 378 g/mol. The summed E-state index contributed by atoms with van der Waals surface area (Å²) < 4.78 is 0. The van der Waals surface area contributed by atoms with E-state index in [1.807, 2.05) is 24.3 Å². The minimum absolute atomic E-state index is 0.0660. The number of hydrogen-bond acceptors (Lipinski definition) is 6. The van der Waals surface area contributed by atoms with Crippen molar-refractivity contribution in [3.63, 3.8) is 0 Å². The number of rotatable bonds is 7. The van der Waals surface area contributed by atoms with E-state index in [9.17, 15) is 10.0 Å². The predicted molar refractivity (Wildman–Crippen MR) is 117 cm³/mol. The first-order chi connectivity index (χ1) is 14.4. The van der Waals surface area contributed by atoms with Crippen LogP contribution in [0.1, 0.15) is 35.6 Å². The smallest absolute Gasteiger partial charge is 0.267 e. The van der Waals surface area contributed by atoms with Gasteiger partial charge in [-0.05, 0) is 62.4 Å². The summed E-state index contributed by atoms with van der Waals surface area (Å²) >= 11 is 0. The molecule has 0 aromatic heterocycles. The third-order valence-corrected chi connectivity index (χ3v) is 5.01. The van der Waals surface area contributed by atoms with Crippen LogP contribution < -0.4 is 5.17 Å². The van der Waals surface area contributed by atoms with E-state index in [2.05, 4.69) is 42.2 Å². The van der Waals surface area contributed by atoms with E-state index in [1.54, 1.807) is 13.0 Å². The van der Waals surface area contributed by atoms with Gasteiger partial charge in [0, 0.05) is 0 Å². The Bertz CT molecular complexity index is 1050. The molecule has 0 radical (unpaired) electrons. The van der Waals surface area contributed by atoms with Crippen molar-refractivity contribution < 1.29 is 10.0 Å².